The second-order valence-corrected chi connectivity index (χ2v) is 9.06. The zero-order chi connectivity index (χ0) is 23.7. The summed E-state index contributed by atoms with van der Waals surface area (Å²) < 4.78 is 0. The van der Waals surface area contributed by atoms with Gasteiger partial charge in [0.2, 0.25) is 11.9 Å². The van der Waals surface area contributed by atoms with Crippen molar-refractivity contribution in [3.63, 3.8) is 0 Å². The number of benzene rings is 1. The van der Waals surface area contributed by atoms with E-state index in [2.05, 4.69) is 20.2 Å². The number of carbonyl (C=O) groups excluding carboxylic acids is 1. The molecule has 176 valence electrons. The number of rotatable bonds is 4. The third-order valence-electron chi connectivity index (χ3n) is 6.47. The van der Waals surface area contributed by atoms with Crippen molar-refractivity contribution in [2.45, 2.75) is 52.2 Å². The van der Waals surface area contributed by atoms with Gasteiger partial charge in [-0.05, 0) is 50.5 Å². The first-order valence-corrected chi connectivity index (χ1v) is 11.5. The standard InChI is InChI=1S/C24H32N6O3/c1-15(2)29(24(32)33)22-11-16(3)30(17(4)31)21-6-5-18(12-20(21)22)19-13-26-23(27-14-19)28-9-7-25-8-10-28/h5-6,12-16,22,25H,7-11H2,1-4H3,(H,32,33)/t16-,22+/m0/s1. The van der Waals surface area contributed by atoms with Crippen LogP contribution in [0.3, 0.4) is 0 Å². The lowest BCUT2D eigenvalue weighted by Crippen LogP contribution is -2.48. The van der Waals surface area contributed by atoms with Gasteiger partial charge in [-0.15, -0.1) is 0 Å². The van der Waals surface area contributed by atoms with Crippen molar-refractivity contribution in [3.05, 3.63) is 36.2 Å². The summed E-state index contributed by atoms with van der Waals surface area (Å²) in [7, 11) is 0. The fraction of sp³-hybridized carbons (Fsp3) is 0.500. The average molecular weight is 453 g/mol. The normalized spacial score (nSPS) is 20.5. The first kappa shape index (κ1) is 23.0. The number of piperazine rings is 1. The summed E-state index contributed by atoms with van der Waals surface area (Å²) in [6.45, 7) is 10.8. The lowest BCUT2D eigenvalue weighted by molar-refractivity contribution is -0.117. The van der Waals surface area contributed by atoms with Gasteiger partial charge in [0.25, 0.3) is 0 Å². The van der Waals surface area contributed by atoms with Gasteiger partial charge in [-0.3, -0.25) is 9.69 Å². The highest BCUT2D eigenvalue weighted by Crippen LogP contribution is 2.43. The zero-order valence-corrected chi connectivity index (χ0v) is 19.7. The molecule has 2 aliphatic rings. The summed E-state index contributed by atoms with van der Waals surface area (Å²) in [6.07, 6.45) is 3.21. The number of anilines is 2. The summed E-state index contributed by atoms with van der Waals surface area (Å²) in [4.78, 5) is 39.1. The van der Waals surface area contributed by atoms with E-state index in [9.17, 15) is 14.7 Å². The van der Waals surface area contributed by atoms with Gasteiger partial charge in [0, 0.05) is 68.8 Å². The van der Waals surface area contributed by atoms with Crippen molar-refractivity contribution >= 4 is 23.6 Å². The predicted molar refractivity (Wildman–Crippen MR) is 128 cm³/mol. The van der Waals surface area contributed by atoms with Crippen LogP contribution in [0.15, 0.2) is 30.6 Å². The van der Waals surface area contributed by atoms with E-state index in [0.717, 1.165) is 48.6 Å². The molecule has 3 heterocycles. The molecule has 0 unspecified atom stereocenters. The Balaban J connectivity index is 1.73. The van der Waals surface area contributed by atoms with Crippen molar-refractivity contribution < 1.29 is 14.7 Å². The van der Waals surface area contributed by atoms with Crippen molar-refractivity contribution in [3.8, 4) is 11.1 Å². The minimum atomic E-state index is -0.960. The number of amides is 2. The van der Waals surface area contributed by atoms with Crippen LogP contribution < -0.4 is 15.1 Å². The fourth-order valence-electron chi connectivity index (χ4n) is 4.97. The number of hydrogen-bond acceptors (Lipinski definition) is 6. The van der Waals surface area contributed by atoms with Crippen LogP contribution in [0.1, 0.15) is 45.7 Å². The number of carbonyl (C=O) groups is 2. The fourth-order valence-corrected chi connectivity index (χ4v) is 4.97. The van der Waals surface area contributed by atoms with Crippen LogP contribution in [-0.2, 0) is 4.79 Å². The highest BCUT2D eigenvalue weighted by atomic mass is 16.4. The molecule has 1 saturated heterocycles. The molecule has 1 aromatic heterocycles. The molecule has 2 atom stereocenters. The van der Waals surface area contributed by atoms with Crippen LogP contribution >= 0.6 is 0 Å². The summed E-state index contributed by atoms with van der Waals surface area (Å²) in [6, 6.07) is 5.22. The summed E-state index contributed by atoms with van der Waals surface area (Å²) in [5, 5.41) is 13.3. The topological polar surface area (TPSA) is 102 Å². The molecule has 2 N–H and O–H groups in total. The minimum Gasteiger partial charge on any atom is -0.465 e. The number of fused-ring (bicyclic) bond motifs is 1. The molecule has 9 nitrogen and oxygen atoms in total. The Morgan fingerprint density at radius 3 is 2.39 bits per heavy atom. The Kier molecular flexibility index (Phi) is 6.51. The van der Waals surface area contributed by atoms with Crippen LogP contribution in [0, 0.1) is 0 Å². The molecule has 4 rings (SSSR count). The van der Waals surface area contributed by atoms with Crippen molar-refractivity contribution in [2.75, 3.05) is 36.0 Å². The quantitative estimate of drug-likeness (QED) is 0.735. The molecule has 2 amide bonds. The van der Waals surface area contributed by atoms with Crippen molar-refractivity contribution in [1.29, 1.82) is 0 Å². The largest absolute Gasteiger partial charge is 0.465 e. The number of nitrogens with zero attached hydrogens (tertiary/aromatic N) is 5. The second kappa shape index (κ2) is 9.35. The first-order chi connectivity index (χ1) is 15.8. The summed E-state index contributed by atoms with van der Waals surface area (Å²) in [5.74, 6) is 0.662. The molecule has 1 fully saturated rings. The predicted octanol–water partition coefficient (Wildman–Crippen LogP) is 3.13. The maximum Gasteiger partial charge on any atom is 0.408 e. The second-order valence-electron chi connectivity index (χ2n) is 9.06. The Morgan fingerprint density at radius 1 is 1.15 bits per heavy atom. The maximum absolute atomic E-state index is 12.4. The van der Waals surface area contributed by atoms with E-state index >= 15 is 0 Å². The lowest BCUT2D eigenvalue weighted by atomic mass is 9.88. The van der Waals surface area contributed by atoms with E-state index in [4.69, 9.17) is 0 Å². The molecule has 0 bridgehead atoms. The van der Waals surface area contributed by atoms with Crippen LogP contribution in [0.2, 0.25) is 0 Å². The lowest BCUT2D eigenvalue weighted by Gasteiger charge is -2.43. The zero-order valence-electron chi connectivity index (χ0n) is 19.7. The van der Waals surface area contributed by atoms with E-state index in [1.165, 1.54) is 4.90 Å². The monoisotopic (exact) mass is 452 g/mol. The molecular weight excluding hydrogens is 420 g/mol. The van der Waals surface area contributed by atoms with Crippen LogP contribution in [0.5, 0.6) is 0 Å². The van der Waals surface area contributed by atoms with E-state index < -0.39 is 6.09 Å². The molecule has 0 spiro atoms. The molecule has 1 aromatic carbocycles. The van der Waals surface area contributed by atoms with Gasteiger partial charge >= 0.3 is 6.09 Å². The Labute approximate surface area is 194 Å². The number of aromatic nitrogens is 2. The number of hydrogen-bond donors (Lipinski definition) is 2. The van der Waals surface area contributed by atoms with Crippen molar-refractivity contribution in [1.82, 2.24) is 20.2 Å². The van der Waals surface area contributed by atoms with Gasteiger partial charge in [-0.25, -0.2) is 14.8 Å². The maximum atomic E-state index is 12.4. The van der Waals surface area contributed by atoms with Gasteiger partial charge in [-0.1, -0.05) is 6.07 Å². The van der Waals surface area contributed by atoms with Crippen LogP contribution in [0.4, 0.5) is 16.4 Å². The SMILES string of the molecule is CC(=O)N1c2ccc(-c3cnc(N4CCNCC4)nc3)cc2[C@H](N(C(=O)O)C(C)C)C[C@@H]1C. The molecule has 0 radical (unpaired) electrons. The smallest absolute Gasteiger partial charge is 0.408 e. The van der Waals surface area contributed by atoms with E-state index in [-0.39, 0.29) is 24.0 Å². The van der Waals surface area contributed by atoms with E-state index in [1.54, 1.807) is 11.8 Å². The van der Waals surface area contributed by atoms with E-state index in [0.29, 0.717) is 12.4 Å². The molecular formula is C24H32N6O3. The third-order valence-corrected chi connectivity index (χ3v) is 6.47. The van der Waals surface area contributed by atoms with Crippen molar-refractivity contribution in [2.24, 2.45) is 0 Å². The van der Waals surface area contributed by atoms with Crippen LogP contribution in [-0.4, -0.2) is 70.2 Å². The molecule has 9 heteroatoms. The Hall–Kier alpha value is -3.20. The van der Waals surface area contributed by atoms with Gasteiger partial charge in [-0.2, -0.15) is 0 Å². The molecule has 0 aliphatic carbocycles. The molecule has 2 aromatic rings. The molecule has 2 aliphatic heterocycles. The third kappa shape index (κ3) is 4.50. The highest BCUT2D eigenvalue weighted by Gasteiger charge is 2.38. The van der Waals surface area contributed by atoms with Crippen LogP contribution in [0.25, 0.3) is 11.1 Å². The minimum absolute atomic E-state index is 0.0509. The first-order valence-electron chi connectivity index (χ1n) is 11.5. The highest BCUT2D eigenvalue weighted by molar-refractivity contribution is 5.94. The summed E-state index contributed by atoms with van der Waals surface area (Å²) in [5.41, 5.74) is 3.36. The Bertz CT molecular complexity index is 1020. The number of nitrogens with one attached hydrogen (secondary N) is 1. The molecule has 0 saturated carbocycles. The average Bonchev–Trinajstić information content (AvgIpc) is 2.79. The van der Waals surface area contributed by atoms with Gasteiger partial charge < -0.3 is 20.2 Å². The summed E-state index contributed by atoms with van der Waals surface area (Å²) >= 11 is 0. The Morgan fingerprint density at radius 2 is 1.82 bits per heavy atom. The van der Waals surface area contributed by atoms with E-state index in [1.807, 2.05) is 51.4 Å². The van der Waals surface area contributed by atoms with Gasteiger partial charge in [0.1, 0.15) is 0 Å². The van der Waals surface area contributed by atoms with Gasteiger partial charge in [0.15, 0.2) is 0 Å². The molecule has 33 heavy (non-hydrogen) atoms. The van der Waals surface area contributed by atoms with Gasteiger partial charge in [0.05, 0.1) is 6.04 Å². The number of carboxylic acid groups (broad SMARTS) is 1.